The summed E-state index contributed by atoms with van der Waals surface area (Å²) in [6.45, 7) is 5.35. The Balaban J connectivity index is 1.80. The minimum atomic E-state index is -0.720. The Morgan fingerprint density at radius 1 is 1.06 bits per heavy atom. The molecule has 32 heavy (non-hydrogen) atoms. The number of ether oxygens (including phenoxy) is 2. The van der Waals surface area contributed by atoms with Crippen LogP contribution in [0, 0.1) is 5.82 Å². The maximum Gasteiger partial charge on any atom is 0.420 e. The van der Waals surface area contributed by atoms with Crippen molar-refractivity contribution in [1.82, 2.24) is 14.5 Å². The third-order valence-corrected chi connectivity index (χ3v) is 4.79. The SMILES string of the molecule is CC(C)(C)OC(=O)n1c(COc2ccc(F)cc2)cc2c(Cl)nc(-c3ccccc3)nc21. The molecule has 164 valence electrons. The Labute approximate surface area is 189 Å². The molecule has 6 nitrogen and oxygen atoms in total. The molecule has 2 aromatic carbocycles. The highest BCUT2D eigenvalue weighted by Crippen LogP contribution is 2.29. The molecule has 0 N–H and O–H groups in total. The van der Waals surface area contributed by atoms with E-state index >= 15 is 0 Å². The highest BCUT2D eigenvalue weighted by Gasteiger charge is 2.25. The molecule has 0 aliphatic rings. The number of carbonyl (C=O) groups is 1. The molecule has 0 bridgehead atoms. The molecule has 0 unspecified atom stereocenters. The van der Waals surface area contributed by atoms with Crippen LogP contribution in [-0.2, 0) is 11.3 Å². The van der Waals surface area contributed by atoms with E-state index in [4.69, 9.17) is 21.1 Å². The van der Waals surface area contributed by atoms with Crippen LogP contribution in [0.2, 0.25) is 5.15 Å². The first-order chi connectivity index (χ1) is 15.2. The number of rotatable bonds is 4. The number of hydrogen-bond donors (Lipinski definition) is 0. The smallest absolute Gasteiger partial charge is 0.420 e. The quantitative estimate of drug-likeness (QED) is 0.341. The summed E-state index contributed by atoms with van der Waals surface area (Å²) >= 11 is 6.47. The zero-order valence-electron chi connectivity index (χ0n) is 17.8. The predicted octanol–water partition coefficient (Wildman–Crippen LogP) is 6.25. The molecular formula is C24H21ClFN3O3. The Morgan fingerprint density at radius 2 is 1.75 bits per heavy atom. The van der Waals surface area contributed by atoms with Gasteiger partial charge in [-0.3, -0.25) is 0 Å². The largest absolute Gasteiger partial charge is 0.487 e. The first kappa shape index (κ1) is 21.8. The summed E-state index contributed by atoms with van der Waals surface area (Å²) < 4.78 is 25.9. The normalized spacial score (nSPS) is 11.5. The standard InChI is InChI=1S/C24H21ClFN3O3/c1-24(2,3)32-23(30)29-17(14-31-18-11-9-16(26)10-12-18)13-19-20(25)27-21(28-22(19)29)15-7-5-4-6-8-15/h4-13H,14H2,1-3H3. The molecule has 0 atom stereocenters. The second kappa shape index (κ2) is 8.59. The van der Waals surface area contributed by atoms with Crippen molar-refractivity contribution in [2.45, 2.75) is 33.0 Å². The fraction of sp³-hybridized carbons (Fsp3) is 0.208. The predicted molar refractivity (Wildman–Crippen MR) is 120 cm³/mol. The molecule has 4 aromatic rings. The van der Waals surface area contributed by atoms with Crippen LogP contribution in [0.4, 0.5) is 9.18 Å². The molecule has 0 fully saturated rings. The van der Waals surface area contributed by atoms with Crippen molar-refractivity contribution in [3.63, 3.8) is 0 Å². The maximum absolute atomic E-state index is 13.2. The summed E-state index contributed by atoms with van der Waals surface area (Å²) in [5.74, 6) is 0.474. The first-order valence-electron chi connectivity index (χ1n) is 9.96. The molecule has 0 radical (unpaired) electrons. The van der Waals surface area contributed by atoms with Crippen LogP contribution in [0.15, 0.2) is 60.7 Å². The number of fused-ring (bicyclic) bond motifs is 1. The van der Waals surface area contributed by atoms with Gasteiger partial charge in [-0.15, -0.1) is 0 Å². The highest BCUT2D eigenvalue weighted by atomic mass is 35.5. The average molecular weight is 454 g/mol. The summed E-state index contributed by atoms with van der Waals surface area (Å²) in [4.78, 5) is 22.1. The monoisotopic (exact) mass is 453 g/mol. The van der Waals surface area contributed by atoms with Gasteiger partial charge in [-0.25, -0.2) is 23.7 Å². The third-order valence-electron chi connectivity index (χ3n) is 4.50. The van der Waals surface area contributed by atoms with Crippen molar-refractivity contribution in [1.29, 1.82) is 0 Å². The van der Waals surface area contributed by atoms with Gasteiger partial charge in [0.05, 0.1) is 11.1 Å². The lowest BCUT2D eigenvalue weighted by atomic mass is 10.2. The molecular weight excluding hydrogens is 433 g/mol. The van der Waals surface area contributed by atoms with Crippen LogP contribution in [-0.4, -0.2) is 26.2 Å². The van der Waals surface area contributed by atoms with E-state index in [2.05, 4.69) is 9.97 Å². The topological polar surface area (TPSA) is 66.2 Å². The van der Waals surface area contributed by atoms with Crippen LogP contribution in [0.3, 0.4) is 0 Å². The summed E-state index contributed by atoms with van der Waals surface area (Å²) in [5.41, 5.74) is 0.829. The molecule has 0 spiro atoms. The van der Waals surface area contributed by atoms with Crippen LogP contribution in [0.5, 0.6) is 5.75 Å². The fourth-order valence-corrected chi connectivity index (χ4v) is 3.33. The second-order valence-electron chi connectivity index (χ2n) is 8.14. The van der Waals surface area contributed by atoms with Gasteiger partial charge in [-0.05, 0) is 51.1 Å². The molecule has 0 aliphatic heterocycles. The number of aromatic nitrogens is 3. The van der Waals surface area contributed by atoms with E-state index in [1.807, 2.05) is 30.3 Å². The zero-order valence-corrected chi connectivity index (χ0v) is 18.6. The molecule has 4 rings (SSSR count). The number of carbonyl (C=O) groups excluding carboxylic acids is 1. The number of halogens is 2. The summed E-state index contributed by atoms with van der Waals surface area (Å²) in [6, 6.07) is 16.6. The highest BCUT2D eigenvalue weighted by molar-refractivity contribution is 6.34. The van der Waals surface area contributed by atoms with Crippen molar-refractivity contribution in [3.05, 3.63) is 77.3 Å². The molecule has 0 saturated carbocycles. The van der Waals surface area contributed by atoms with E-state index in [9.17, 15) is 9.18 Å². The van der Waals surface area contributed by atoms with E-state index in [1.165, 1.54) is 28.8 Å². The maximum atomic E-state index is 13.2. The van der Waals surface area contributed by atoms with Gasteiger partial charge < -0.3 is 9.47 Å². The van der Waals surface area contributed by atoms with Crippen molar-refractivity contribution in [3.8, 4) is 17.1 Å². The van der Waals surface area contributed by atoms with Gasteiger partial charge in [-0.1, -0.05) is 41.9 Å². The van der Waals surface area contributed by atoms with E-state index in [1.54, 1.807) is 26.8 Å². The van der Waals surface area contributed by atoms with Gasteiger partial charge in [0.15, 0.2) is 11.5 Å². The number of nitrogens with zero attached hydrogens (tertiary/aromatic N) is 3. The Hall–Kier alpha value is -3.45. The Bertz CT molecular complexity index is 1270. The van der Waals surface area contributed by atoms with Gasteiger partial charge in [0.1, 0.15) is 28.9 Å². The van der Waals surface area contributed by atoms with Crippen molar-refractivity contribution in [2.75, 3.05) is 0 Å². The lowest BCUT2D eigenvalue weighted by molar-refractivity contribution is 0.0534. The fourth-order valence-electron chi connectivity index (χ4n) is 3.11. The number of benzene rings is 2. The van der Waals surface area contributed by atoms with Crippen LogP contribution in [0.25, 0.3) is 22.4 Å². The van der Waals surface area contributed by atoms with Gasteiger partial charge in [0.2, 0.25) is 0 Å². The van der Waals surface area contributed by atoms with Crippen LogP contribution < -0.4 is 4.74 Å². The van der Waals surface area contributed by atoms with Gasteiger partial charge >= 0.3 is 6.09 Å². The van der Waals surface area contributed by atoms with Crippen molar-refractivity contribution < 1.29 is 18.7 Å². The molecule has 0 saturated heterocycles. The van der Waals surface area contributed by atoms with E-state index in [0.29, 0.717) is 28.3 Å². The minimum Gasteiger partial charge on any atom is -0.487 e. The van der Waals surface area contributed by atoms with E-state index < -0.39 is 11.7 Å². The lowest BCUT2D eigenvalue weighted by Gasteiger charge is -2.20. The average Bonchev–Trinajstić information content (AvgIpc) is 3.12. The molecule has 0 amide bonds. The van der Waals surface area contributed by atoms with Crippen LogP contribution >= 0.6 is 11.6 Å². The summed E-state index contributed by atoms with van der Waals surface area (Å²) in [5, 5.41) is 0.703. The molecule has 8 heteroatoms. The number of hydrogen-bond acceptors (Lipinski definition) is 5. The van der Waals surface area contributed by atoms with Crippen LogP contribution in [0.1, 0.15) is 26.5 Å². The lowest BCUT2D eigenvalue weighted by Crippen LogP contribution is -2.28. The van der Waals surface area contributed by atoms with E-state index in [-0.39, 0.29) is 17.6 Å². The zero-order chi connectivity index (χ0) is 22.9. The molecule has 2 aromatic heterocycles. The second-order valence-corrected chi connectivity index (χ2v) is 8.49. The van der Waals surface area contributed by atoms with Gasteiger partial charge in [-0.2, -0.15) is 0 Å². The summed E-state index contributed by atoms with van der Waals surface area (Å²) in [7, 11) is 0. The summed E-state index contributed by atoms with van der Waals surface area (Å²) in [6.07, 6.45) is -0.612. The van der Waals surface area contributed by atoms with Crippen molar-refractivity contribution in [2.24, 2.45) is 0 Å². The molecule has 0 aliphatic carbocycles. The Morgan fingerprint density at radius 3 is 2.41 bits per heavy atom. The van der Waals surface area contributed by atoms with Gasteiger partial charge in [0.25, 0.3) is 0 Å². The van der Waals surface area contributed by atoms with Crippen molar-refractivity contribution >= 4 is 28.7 Å². The minimum absolute atomic E-state index is 0.0121. The molecule has 2 heterocycles. The Kier molecular flexibility index (Phi) is 5.84. The first-order valence-corrected chi connectivity index (χ1v) is 10.3. The third kappa shape index (κ3) is 4.73. The van der Waals surface area contributed by atoms with Gasteiger partial charge in [0, 0.05) is 5.56 Å². The van der Waals surface area contributed by atoms with E-state index in [0.717, 1.165) is 5.56 Å².